The van der Waals surface area contributed by atoms with Gasteiger partial charge in [0, 0.05) is 5.41 Å². The van der Waals surface area contributed by atoms with E-state index in [0.717, 1.165) is 16.9 Å². The van der Waals surface area contributed by atoms with Gasteiger partial charge < -0.3 is 9.72 Å². The fourth-order valence-electron chi connectivity index (χ4n) is 2.48. The second-order valence-electron chi connectivity index (χ2n) is 6.82. The van der Waals surface area contributed by atoms with Crippen molar-refractivity contribution in [2.24, 2.45) is 0 Å². The number of nitrogens with zero attached hydrogens (tertiary/aromatic N) is 1. The van der Waals surface area contributed by atoms with Crippen molar-refractivity contribution in [3.05, 3.63) is 48.3 Å². The van der Waals surface area contributed by atoms with Crippen molar-refractivity contribution in [3.8, 4) is 5.75 Å². The lowest BCUT2D eigenvalue weighted by Gasteiger charge is -2.13. The summed E-state index contributed by atoms with van der Waals surface area (Å²) in [6, 6.07) is 11.7. The Morgan fingerprint density at radius 3 is 2.52 bits per heavy atom. The molecule has 0 bridgehead atoms. The van der Waals surface area contributed by atoms with Gasteiger partial charge in [0.25, 0.3) is 10.0 Å². The number of rotatable bonds is 4. The molecular formula is C18H21N3O3S. The van der Waals surface area contributed by atoms with Gasteiger partial charge in [0.15, 0.2) is 0 Å². The summed E-state index contributed by atoms with van der Waals surface area (Å²) >= 11 is 0. The van der Waals surface area contributed by atoms with Gasteiger partial charge in [-0.15, -0.1) is 0 Å². The third kappa shape index (κ3) is 3.46. The van der Waals surface area contributed by atoms with Crippen LogP contribution in [0.2, 0.25) is 0 Å². The quantitative estimate of drug-likeness (QED) is 0.744. The number of methoxy groups -OCH3 is 1. The fraction of sp³-hybridized carbons (Fsp3) is 0.278. The molecule has 6 nitrogen and oxygen atoms in total. The summed E-state index contributed by atoms with van der Waals surface area (Å²) in [5.41, 5.74) is 1.92. The second kappa shape index (κ2) is 6.07. The number of ether oxygens (including phenoxy) is 1. The minimum atomic E-state index is -3.76. The molecule has 3 rings (SSSR count). The third-order valence-corrected chi connectivity index (χ3v) is 5.22. The zero-order chi connectivity index (χ0) is 18.2. The van der Waals surface area contributed by atoms with Crippen LogP contribution in [-0.4, -0.2) is 25.5 Å². The Bertz CT molecular complexity index is 1020. The third-order valence-electron chi connectivity index (χ3n) is 3.80. The highest BCUT2D eigenvalue weighted by atomic mass is 32.2. The normalized spacial score (nSPS) is 12.3. The van der Waals surface area contributed by atoms with Gasteiger partial charge in [-0.1, -0.05) is 32.9 Å². The molecule has 0 aliphatic carbocycles. The lowest BCUT2D eigenvalue weighted by molar-refractivity contribution is 0.403. The lowest BCUT2D eigenvalue weighted by Crippen LogP contribution is -2.14. The summed E-state index contributed by atoms with van der Waals surface area (Å²) in [6.07, 6.45) is 0. The van der Waals surface area contributed by atoms with Gasteiger partial charge in [0.1, 0.15) is 16.5 Å². The first-order valence-corrected chi connectivity index (χ1v) is 9.35. The Morgan fingerprint density at radius 2 is 1.84 bits per heavy atom. The van der Waals surface area contributed by atoms with Crippen molar-refractivity contribution >= 4 is 26.7 Å². The van der Waals surface area contributed by atoms with E-state index in [-0.39, 0.29) is 10.3 Å². The van der Waals surface area contributed by atoms with E-state index in [1.807, 2.05) is 0 Å². The summed E-state index contributed by atoms with van der Waals surface area (Å²) in [5, 5.41) is 0. The Kier molecular flexibility index (Phi) is 4.20. The Hall–Kier alpha value is -2.54. The van der Waals surface area contributed by atoms with Crippen LogP contribution >= 0.6 is 0 Å². The standard InChI is InChI=1S/C18H21N3O3S/c1-18(2,3)17-19-13-10-9-12(11-14(13)20-17)21-25(22,23)16-8-6-5-7-15(16)24-4/h5-11,21H,1-4H3,(H,19,20). The van der Waals surface area contributed by atoms with Gasteiger partial charge in [0.2, 0.25) is 0 Å². The van der Waals surface area contributed by atoms with Crippen molar-refractivity contribution in [1.82, 2.24) is 9.97 Å². The van der Waals surface area contributed by atoms with Gasteiger partial charge in [-0.3, -0.25) is 4.72 Å². The van der Waals surface area contributed by atoms with Gasteiger partial charge in [0.05, 0.1) is 23.8 Å². The minimum Gasteiger partial charge on any atom is -0.495 e. The minimum absolute atomic E-state index is 0.0950. The van der Waals surface area contributed by atoms with Crippen LogP contribution in [0.1, 0.15) is 26.6 Å². The number of aromatic nitrogens is 2. The van der Waals surface area contributed by atoms with Gasteiger partial charge >= 0.3 is 0 Å². The summed E-state index contributed by atoms with van der Waals surface area (Å²) < 4.78 is 33.1. The molecule has 0 amide bonds. The molecule has 0 saturated carbocycles. The molecule has 0 fully saturated rings. The Morgan fingerprint density at radius 1 is 1.12 bits per heavy atom. The number of anilines is 1. The second-order valence-corrected chi connectivity index (χ2v) is 8.47. The molecule has 1 aromatic heterocycles. The van der Waals surface area contributed by atoms with E-state index in [1.54, 1.807) is 36.4 Å². The van der Waals surface area contributed by atoms with E-state index in [0.29, 0.717) is 11.4 Å². The van der Waals surface area contributed by atoms with Crippen LogP contribution < -0.4 is 9.46 Å². The van der Waals surface area contributed by atoms with E-state index in [1.165, 1.54) is 13.2 Å². The summed E-state index contributed by atoms with van der Waals surface area (Å²) in [4.78, 5) is 7.90. The zero-order valence-electron chi connectivity index (χ0n) is 14.6. The van der Waals surface area contributed by atoms with Crippen LogP contribution in [0.15, 0.2) is 47.4 Å². The molecule has 0 radical (unpaired) electrons. The number of nitrogens with one attached hydrogen (secondary N) is 2. The predicted molar refractivity (Wildman–Crippen MR) is 98.6 cm³/mol. The first-order valence-electron chi connectivity index (χ1n) is 7.87. The summed E-state index contributed by atoms with van der Waals surface area (Å²) in [7, 11) is -2.31. The number of fused-ring (bicyclic) bond motifs is 1. The van der Waals surface area contributed by atoms with Crippen molar-refractivity contribution in [3.63, 3.8) is 0 Å². The molecule has 0 aliphatic rings. The highest BCUT2D eigenvalue weighted by Crippen LogP contribution is 2.27. The van der Waals surface area contributed by atoms with Crippen molar-refractivity contribution in [1.29, 1.82) is 0 Å². The fourth-order valence-corrected chi connectivity index (χ4v) is 3.70. The zero-order valence-corrected chi connectivity index (χ0v) is 15.4. The molecule has 0 saturated heterocycles. The average Bonchev–Trinajstić information content (AvgIpc) is 2.98. The van der Waals surface area contributed by atoms with E-state index < -0.39 is 10.0 Å². The number of benzene rings is 2. The molecule has 0 spiro atoms. The van der Waals surface area contributed by atoms with Crippen LogP contribution in [0, 0.1) is 0 Å². The van der Waals surface area contributed by atoms with Crippen molar-refractivity contribution in [2.45, 2.75) is 31.1 Å². The van der Waals surface area contributed by atoms with Crippen molar-refractivity contribution < 1.29 is 13.2 Å². The molecule has 132 valence electrons. The summed E-state index contributed by atoms with van der Waals surface area (Å²) in [5.74, 6) is 1.15. The number of hydrogen-bond donors (Lipinski definition) is 2. The van der Waals surface area contributed by atoms with Crippen LogP contribution in [0.3, 0.4) is 0 Å². The first kappa shape index (κ1) is 17.3. The topological polar surface area (TPSA) is 84.1 Å². The Labute approximate surface area is 147 Å². The van der Waals surface area contributed by atoms with Crippen LogP contribution in [0.25, 0.3) is 11.0 Å². The van der Waals surface area contributed by atoms with Crippen molar-refractivity contribution in [2.75, 3.05) is 11.8 Å². The largest absolute Gasteiger partial charge is 0.495 e. The molecule has 2 N–H and O–H groups in total. The van der Waals surface area contributed by atoms with E-state index in [2.05, 4.69) is 35.5 Å². The number of H-pyrrole nitrogens is 1. The highest BCUT2D eigenvalue weighted by Gasteiger charge is 2.21. The van der Waals surface area contributed by atoms with Gasteiger partial charge in [-0.25, -0.2) is 13.4 Å². The van der Waals surface area contributed by atoms with E-state index in [4.69, 9.17) is 4.74 Å². The van der Waals surface area contributed by atoms with Crippen LogP contribution in [-0.2, 0) is 15.4 Å². The first-order chi connectivity index (χ1) is 11.7. The van der Waals surface area contributed by atoms with Gasteiger partial charge in [-0.2, -0.15) is 0 Å². The Balaban J connectivity index is 1.97. The molecule has 25 heavy (non-hydrogen) atoms. The molecular weight excluding hydrogens is 338 g/mol. The molecule has 2 aromatic carbocycles. The summed E-state index contributed by atoms with van der Waals surface area (Å²) in [6.45, 7) is 6.20. The molecule has 0 atom stereocenters. The molecule has 0 unspecified atom stereocenters. The lowest BCUT2D eigenvalue weighted by atomic mass is 9.96. The molecule has 7 heteroatoms. The highest BCUT2D eigenvalue weighted by molar-refractivity contribution is 7.92. The van der Waals surface area contributed by atoms with Gasteiger partial charge in [-0.05, 0) is 30.3 Å². The average molecular weight is 359 g/mol. The molecule has 0 aliphatic heterocycles. The number of para-hydroxylation sites is 1. The predicted octanol–water partition coefficient (Wildman–Crippen LogP) is 3.67. The smallest absolute Gasteiger partial charge is 0.265 e. The number of sulfonamides is 1. The molecule has 3 aromatic rings. The SMILES string of the molecule is COc1ccccc1S(=O)(=O)Nc1ccc2nc(C(C)(C)C)[nH]c2c1. The number of aromatic amines is 1. The maximum atomic E-state index is 12.7. The van der Waals surface area contributed by atoms with Crippen LogP contribution in [0.5, 0.6) is 5.75 Å². The van der Waals surface area contributed by atoms with E-state index in [9.17, 15) is 8.42 Å². The monoisotopic (exact) mass is 359 g/mol. The number of imidazole rings is 1. The maximum Gasteiger partial charge on any atom is 0.265 e. The van der Waals surface area contributed by atoms with Crippen LogP contribution in [0.4, 0.5) is 5.69 Å². The number of hydrogen-bond acceptors (Lipinski definition) is 4. The maximum absolute atomic E-state index is 12.7. The molecule has 1 heterocycles. The van der Waals surface area contributed by atoms with E-state index >= 15 is 0 Å².